The van der Waals surface area contributed by atoms with Crippen molar-refractivity contribution in [1.82, 2.24) is 0 Å². The number of fused-ring (bicyclic) bond motifs is 1. The van der Waals surface area contributed by atoms with Gasteiger partial charge in [-0.05, 0) is 28.5 Å². The second kappa shape index (κ2) is 5.24. The standard InChI is InChI=1S/C14H10F2O4/c15-12(16)11(14(19)20)9-3-1-8-6-10(13(17)18)4-2-7(8)5-9/h1-6,11-12H,(H,17,18)(H,19,20). The van der Waals surface area contributed by atoms with Crippen molar-refractivity contribution in [2.45, 2.75) is 12.3 Å². The molecule has 2 aromatic rings. The number of halogens is 2. The van der Waals surface area contributed by atoms with Gasteiger partial charge in [0, 0.05) is 0 Å². The number of carboxylic acids is 2. The largest absolute Gasteiger partial charge is 0.481 e. The van der Waals surface area contributed by atoms with Gasteiger partial charge in [0.2, 0.25) is 0 Å². The van der Waals surface area contributed by atoms with Gasteiger partial charge in [0.25, 0.3) is 6.43 Å². The molecule has 0 aliphatic carbocycles. The molecule has 6 heteroatoms. The number of hydrogen-bond donors (Lipinski definition) is 2. The van der Waals surface area contributed by atoms with Crippen LogP contribution >= 0.6 is 0 Å². The first kappa shape index (κ1) is 13.9. The van der Waals surface area contributed by atoms with Crippen LogP contribution < -0.4 is 0 Å². The molecule has 0 aromatic heterocycles. The Balaban J connectivity index is 2.51. The smallest absolute Gasteiger partial charge is 0.335 e. The molecule has 0 aliphatic heterocycles. The molecule has 2 rings (SSSR count). The van der Waals surface area contributed by atoms with Crippen LogP contribution in [0.15, 0.2) is 36.4 Å². The van der Waals surface area contributed by atoms with E-state index in [9.17, 15) is 18.4 Å². The van der Waals surface area contributed by atoms with E-state index in [1.165, 1.54) is 36.4 Å². The maximum absolute atomic E-state index is 12.7. The lowest BCUT2D eigenvalue weighted by Crippen LogP contribution is -2.19. The fourth-order valence-electron chi connectivity index (χ4n) is 1.99. The fourth-order valence-corrected chi connectivity index (χ4v) is 1.99. The van der Waals surface area contributed by atoms with Gasteiger partial charge in [0.15, 0.2) is 0 Å². The summed E-state index contributed by atoms with van der Waals surface area (Å²) in [6.07, 6.45) is -3.01. The van der Waals surface area contributed by atoms with E-state index in [1.807, 2.05) is 0 Å². The van der Waals surface area contributed by atoms with E-state index in [0.717, 1.165) is 0 Å². The fraction of sp³-hybridized carbons (Fsp3) is 0.143. The number of rotatable bonds is 4. The third-order valence-electron chi connectivity index (χ3n) is 2.99. The molecule has 0 amide bonds. The maximum Gasteiger partial charge on any atom is 0.335 e. The molecule has 0 spiro atoms. The van der Waals surface area contributed by atoms with E-state index in [1.54, 1.807) is 0 Å². The Morgan fingerprint density at radius 3 is 2.10 bits per heavy atom. The Morgan fingerprint density at radius 2 is 1.55 bits per heavy atom. The van der Waals surface area contributed by atoms with E-state index in [2.05, 4.69) is 0 Å². The van der Waals surface area contributed by atoms with Gasteiger partial charge in [-0.15, -0.1) is 0 Å². The summed E-state index contributed by atoms with van der Waals surface area (Å²) in [4.78, 5) is 21.7. The number of aromatic carboxylic acids is 1. The normalized spacial score (nSPS) is 12.6. The average Bonchev–Trinajstić information content (AvgIpc) is 2.37. The second-order valence-electron chi connectivity index (χ2n) is 4.28. The summed E-state index contributed by atoms with van der Waals surface area (Å²) in [5.41, 5.74) is 0.0666. The minimum atomic E-state index is -3.01. The number of carbonyl (C=O) groups is 2. The highest BCUT2D eigenvalue weighted by molar-refractivity contribution is 5.94. The molecule has 0 saturated carbocycles. The molecular weight excluding hydrogens is 270 g/mol. The lowest BCUT2D eigenvalue weighted by Gasteiger charge is -2.12. The van der Waals surface area contributed by atoms with Gasteiger partial charge in [0.05, 0.1) is 5.56 Å². The second-order valence-corrected chi connectivity index (χ2v) is 4.28. The van der Waals surface area contributed by atoms with Crippen LogP contribution in [0.4, 0.5) is 8.78 Å². The van der Waals surface area contributed by atoms with Gasteiger partial charge in [-0.1, -0.05) is 24.3 Å². The van der Waals surface area contributed by atoms with Gasteiger partial charge >= 0.3 is 11.9 Å². The Bertz CT molecular complexity index is 682. The molecule has 4 nitrogen and oxygen atoms in total. The van der Waals surface area contributed by atoms with Crippen LogP contribution in [0, 0.1) is 0 Å². The topological polar surface area (TPSA) is 74.6 Å². The van der Waals surface area contributed by atoms with E-state index >= 15 is 0 Å². The summed E-state index contributed by atoms with van der Waals surface area (Å²) in [6, 6.07) is 8.26. The molecule has 0 saturated heterocycles. The molecule has 104 valence electrons. The van der Waals surface area contributed by atoms with Crippen LogP contribution in [-0.2, 0) is 4.79 Å². The zero-order valence-corrected chi connectivity index (χ0v) is 10.1. The maximum atomic E-state index is 12.7. The molecule has 1 unspecified atom stereocenters. The predicted molar refractivity (Wildman–Crippen MR) is 67.3 cm³/mol. The van der Waals surface area contributed by atoms with Crippen molar-refractivity contribution in [2.24, 2.45) is 0 Å². The average molecular weight is 280 g/mol. The van der Waals surface area contributed by atoms with E-state index in [-0.39, 0.29) is 11.1 Å². The number of hydrogen-bond acceptors (Lipinski definition) is 2. The Kier molecular flexibility index (Phi) is 3.65. The Morgan fingerprint density at radius 1 is 0.950 bits per heavy atom. The highest BCUT2D eigenvalue weighted by atomic mass is 19.3. The summed E-state index contributed by atoms with van der Waals surface area (Å²) in [6.45, 7) is 0. The van der Waals surface area contributed by atoms with Crippen molar-refractivity contribution in [3.05, 3.63) is 47.5 Å². The summed E-state index contributed by atoms with van der Waals surface area (Å²) >= 11 is 0. The Labute approximate surface area is 112 Å². The summed E-state index contributed by atoms with van der Waals surface area (Å²) in [5.74, 6) is -4.58. The number of benzene rings is 2. The molecule has 0 heterocycles. The summed E-state index contributed by atoms with van der Waals surface area (Å²) < 4.78 is 25.5. The molecule has 0 aliphatic rings. The highest BCUT2D eigenvalue weighted by Gasteiger charge is 2.29. The van der Waals surface area contributed by atoms with Crippen molar-refractivity contribution in [3.8, 4) is 0 Å². The van der Waals surface area contributed by atoms with Gasteiger partial charge < -0.3 is 10.2 Å². The summed E-state index contributed by atoms with van der Waals surface area (Å²) in [7, 11) is 0. The Hall–Kier alpha value is -2.50. The zero-order valence-electron chi connectivity index (χ0n) is 10.1. The van der Waals surface area contributed by atoms with Crippen molar-refractivity contribution in [3.63, 3.8) is 0 Å². The van der Waals surface area contributed by atoms with Crippen molar-refractivity contribution in [2.75, 3.05) is 0 Å². The third-order valence-corrected chi connectivity index (χ3v) is 2.99. The van der Waals surface area contributed by atoms with Crippen LogP contribution in [0.1, 0.15) is 21.8 Å². The minimum Gasteiger partial charge on any atom is -0.481 e. The number of carboxylic acid groups (broad SMARTS) is 2. The van der Waals surface area contributed by atoms with Crippen LogP contribution in [0.5, 0.6) is 0 Å². The highest BCUT2D eigenvalue weighted by Crippen LogP contribution is 2.27. The monoisotopic (exact) mass is 280 g/mol. The molecular formula is C14H10F2O4. The van der Waals surface area contributed by atoms with E-state index in [0.29, 0.717) is 10.8 Å². The van der Waals surface area contributed by atoms with Crippen LogP contribution in [0.2, 0.25) is 0 Å². The molecule has 1 atom stereocenters. The molecule has 0 bridgehead atoms. The number of alkyl halides is 2. The first-order valence-electron chi connectivity index (χ1n) is 5.68. The van der Waals surface area contributed by atoms with Gasteiger partial charge in [-0.25, -0.2) is 13.6 Å². The minimum absolute atomic E-state index is 0.0110. The predicted octanol–water partition coefficient (Wildman–Crippen LogP) is 2.97. The van der Waals surface area contributed by atoms with Gasteiger partial charge in [-0.3, -0.25) is 4.79 Å². The number of aliphatic carboxylic acids is 1. The molecule has 0 radical (unpaired) electrons. The zero-order chi connectivity index (χ0) is 14.9. The quantitative estimate of drug-likeness (QED) is 0.902. The van der Waals surface area contributed by atoms with Crippen molar-refractivity contribution >= 4 is 22.7 Å². The molecule has 0 fully saturated rings. The van der Waals surface area contributed by atoms with Crippen LogP contribution in [0.3, 0.4) is 0 Å². The van der Waals surface area contributed by atoms with Gasteiger partial charge in [-0.2, -0.15) is 0 Å². The molecule has 2 aromatic carbocycles. The molecule has 20 heavy (non-hydrogen) atoms. The SMILES string of the molecule is O=C(O)c1ccc2cc(C(C(=O)O)C(F)F)ccc2c1. The van der Waals surface area contributed by atoms with E-state index < -0.39 is 24.3 Å². The lowest BCUT2D eigenvalue weighted by molar-refractivity contribution is -0.142. The lowest BCUT2D eigenvalue weighted by atomic mass is 9.96. The van der Waals surface area contributed by atoms with Crippen molar-refractivity contribution in [1.29, 1.82) is 0 Å². The van der Waals surface area contributed by atoms with Crippen LogP contribution in [0.25, 0.3) is 10.8 Å². The van der Waals surface area contributed by atoms with Gasteiger partial charge in [0.1, 0.15) is 5.92 Å². The summed E-state index contributed by atoms with van der Waals surface area (Å²) in [5, 5.41) is 18.7. The molecule has 2 N–H and O–H groups in total. The van der Waals surface area contributed by atoms with Crippen molar-refractivity contribution < 1.29 is 28.6 Å². The van der Waals surface area contributed by atoms with E-state index in [4.69, 9.17) is 10.2 Å². The third kappa shape index (κ3) is 2.59. The first-order chi connectivity index (χ1) is 9.40. The first-order valence-corrected chi connectivity index (χ1v) is 5.68. The van der Waals surface area contributed by atoms with Crippen LogP contribution in [-0.4, -0.2) is 28.6 Å².